The fraction of sp³-hybridized carbons (Fsp3) is 0.636. The van der Waals surface area contributed by atoms with Gasteiger partial charge in [-0.1, -0.05) is 292 Å². The first kappa shape index (κ1) is 68.7. The van der Waals surface area contributed by atoms with Crippen molar-refractivity contribution in [2.24, 2.45) is 0 Å². The third kappa shape index (κ3) is 26.5. The van der Waals surface area contributed by atoms with Crippen molar-refractivity contribution in [1.29, 1.82) is 0 Å². The van der Waals surface area contributed by atoms with Crippen LogP contribution in [0.1, 0.15) is 256 Å². The predicted octanol–water partition coefficient (Wildman–Crippen LogP) is 18.4. The summed E-state index contributed by atoms with van der Waals surface area (Å²) < 4.78 is 71.3. The van der Waals surface area contributed by atoms with E-state index in [1.807, 2.05) is 48.5 Å². The molecule has 2 unspecified atom stereocenters. The van der Waals surface area contributed by atoms with E-state index in [1.54, 1.807) is 12.1 Å². The van der Waals surface area contributed by atoms with Gasteiger partial charge in [-0.2, -0.15) is 0 Å². The molecular weight excluding hydrogens is 1050 g/mol. The first-order valence-electron chi connectivity index (χ1n) is 31.3. The zero-order valence-electron chi connectivity index (χ0n) is 49.1. The van der Waals surface area contributed by atoms with Gasteiger partial charge in [0.2, 0.25) is 0 Å². The van der Waals surface area contributed by atoms with Crippen LogP contribution in [0.25, 0.3) is 0 Å². The maximum Gasteiger partial charge on any atom is 2.00 e. The molecule has 0 radical (unpaired) electrons. The van der Waals surface area contributed by atoms with Gasteiger partial charge in [-0.15, -0.1) is 0 Å². The zero-order valence-corrected chi connectivity index (χ0v) is 53.0. The second kappa shape index (κ2) is 40.4. The SMILES string of the molecule is CCCCCCCCCCCCCCCCCCCC1Nc2c(cccc2S(=O)(=O)[O-])N1Cc1ccccc1.CCCCCCCCCCCCCCCCCCCC1Nc2c(cccc2S(=O)(=O)[O-])N1Cc1ccccc1.[Ca+2]. The molecule has 0 saturated heterocycles. The van der Waals surface area contributed by atoms with Crippen molar-refractivity contribution < 1.29 is 25.9 Å². The van der Waals surface area contributed by atoms with Crippen molar-refractivity contribution >= 4 is 80.7 Å². The molecule has 2 aliphatic heterocycles. The standard InChI is InChI=1S/2C33H52N2O3S.Ca/c2*1-2-3-4-5-6-7-8-9-10-11-12-13-14-15-16-17-21-27-32-34-33-30(25-22-26-31(33)39(36,37)38)35(32)28-29-23-19-18-20-24-29;/h2*18-20,22-26,32,34H,2-17,21,27-28H2,1H3,(H,36,37,38);/q;;+2/p-2. The van der Waals surface area contributed by atoms with Crippen LogP contribution in [0.5, 0.6) is 0 Å². The van der Waals surface area contributed by atoms with Crippen LogP contribution < -0.4 is 20.4 Å². The number of fused-ring (bicyclic) bond motifs is 2. The maximum atomic E-state index is 11.9. The average Bonchev–Trinajstić information content (AvgIpc) is 4.14. The molecule has 0 aliphatic carbocycles. The molecule has 436 valence electrons. The quantitative estimate of drug-likeness (QED) is 0.0250. The van der Waals surface area contributed by atoms with Crippen LogP contribution in [0.15, 0.2) is 107 Å². The molecule has 10 nitrogen and oxygen atoms in total. The molecule has 4 aromatic rings. The van der Waals surface area contributed by atoms with Crippen molar-refractivity contribution in [3.63, 3.8) is 0 Å². The first-order valence-corrected chi connectivity index (χ1v) is 34.1. The molecule has 2 N–H and O–H groups in total. The van der Waals surface area contributed by atoms with E-state index < -0.39 is 20.2 Å². The van der Waals surface area contributed by atoms with E-state index in [0.29, 0.717) is 24.5 Å². The number of hydrogen-bond donors (Lipinski definition) is 2. The number of para-hydroxylation sites is 2. The van der Waals surface area contributed by atoms with E-state index in [2.05, 4.69) is 58.5 Å². The molecule has 6 rings (SSSR count). The minimum atomic E-state index is -4.54. The summed E-state index contributed by atoms with van der Waals surface area (Å²) in [5, 5.41) is 6.76. The van der Waals surface area contributed by atoms with Crippen LogP contribution in [-0.4, -0.2) is 76.0 Å². The van der Waals surface area contributed by atoms with Crippen LogP contribution >= 0.6 is 0 Å². The van der Waals surface area contributed by atoms with Crippen molar-refractivity contribution in [2.75, 3.05) is 20.4 Å². The molecule has 0 saturated carbocycles. The van der Waals surface area contributed by atoms with Crippen LogP contribution in [0, 0.1) is 0 Å². The summed E-state index contributed by atoms with van der Waals surface area (Å²) in [5.41, 5.74) is 4.84. The second-order valence-corrected chi connectivity index (χ2v) is 25.3. The van der Waals surface area contributed by atoms with Crippen molar-refractivity contribution in [1.82, 2.24) is 0 Å². The molecular formula is C66H102CaN4O6S2. The van der Waals surface area contributed by atoms with Crippen molar-refractivity contribution in [3.8, 4) is 0 Å². The minimum absolute atomic E-state index is 0. The molecule has 0 amide bonds. The smallest absolute Gasteiger partial charge is 0.744 e. The summed E-state index contributed by atoms with van der Waals surface area (Å²) in [7, 11) is -9.08. The van der Waals surface area contributed by atoms with E-state index in [-0.39, 0.29) is 59.9 Å². The normalized spacial score (nSPS) is 14.7. The summed E-state index contributed by atoms with van der Waals surface area (Å²) in [6, 6.07) is 30.4. The van der Waals surface area contributed by atoms with Crippen LogP contribution in [0.3, 0.4) is 0 Å². The van der Waals surface area contributed by atoms with Gasteiger partial charge in [0.1, 0.15) is 20.2 Å². The Hall–Kier alpha value is -2.84. The Morgan fingerprint density at radius 2 is 0.608 bits per heavy atom. The van der Waals surface area contributed by atoms with Gasteiger partial charge in [0, 0.05) is 13.1 Å². The summed E-state index contributed by atoms with van der Waals surface area (Å²) in [5.74, 6) is 0. The third-order valence-electron chi connectivity index (χ3n) is 16.1. The summed E-state index contributed by atoms with van der Waals surface area (Å²) in [6.45, 7) is 5.90. The summed E-state index contributed by atoms with van der Waals surface area (Å²) in [6.07, 6.45) is 47.7. The molecule has 0 aromatic heterocycles. The average molecular weight is 1150 g/mol. The van der Waals surface area contributed by atoms with E-state index in [4.69, 9.17) is 0 Å². The van der Waals surface area contributed by atoms with E-state index in [1.165, 1.54) is 218 Å². The molecule has 0 fully saturated rings. The van der Waals surface area contributed by atoms with Gasteiger partial charge in [-0.3, -0.25) is 0 Å². The Bertz CT molecular complexity index is 2260. The van der Waals surface area contributed by atoms with Gasteiger partial charge in [0.15, 0.2) is 0 Å². The first-order chi connectivity index (χ1) is 38.0. The van der Waals surface area contributed by atoms with Gasteiger partial charge in [-0.25, -0.2) is 16.8 Å². The van der Waals surface area contributed by atoms with Gasteiger partial charge in [-0.05, 0) is 61.1 Å². The topological polar surface area (TPSA) is 145 Å². The molecule has 2 heterocycles. The number of rotatable bonds is 42. The van der Waals surface area contributed by atoms with Gasteiger partial charge in [0.25, 0.3) is 0 Å². The molecule has 2 aliphatic rings. The number of anilines is 4. The van der Waals surface area contributed by atoms with Crippen LogP contribution in [0.4, 0.5) is 22.7 Å². The molecule has 0 spiro atoms. The Labute approximate surface area is 511 Å². The van der Waals surface area contributed by atoms with E-state index in [9.17, 15) is 25.9 Å². The Morgan fingerprint density at radius 3 is 0.861 bits per heavy atom. The Morgan fingerprint density at radius 1 is 0.354 bits per heavy atom. The van der Waals surface area contributed by atoms with Crippen molar-refractivity contribution in [2.45, 2.75) is 280 Å². The number of unbranched alkanes of at least 4 members (excludes halogenated alkanes) is 32. The third-order valence-corrected chi connectivity index (χ3v) is 17.9. The molecule has 2 atom stereocenters. The second-order valence-electron chi connectivity index (χ2n) is 22.6. The van der Waals surface area contributed by atoms with E-state index in [0.717, 1.165) is 48.2 Å². The van der Waals surface area contributed by atoms with Crippen LogP contribution in [0.2, 0.25) is 0 Å². The molecule has 4 aromatic carbocycles. The minimum Gasteiger partial charge on any atom is -0.744 e. The van der Waals surface area contributed by atoms with Gasteiger partial charge >= 0.3 is 37.7 Å². The van der Waals surface area contributed by atoms with Gasteiger partial charge < -0.3 is 29.5 Å². The van der Waals surface area contributed by atoms with E-state index >= 15 is 0 Å². The molecule has 13 heteroatoms. The predicted molar refractivity (Wildman–Crippen MR) is 332 cm³/mol. The number of hydrogen-bond acceptors (Lipinski definition) is 10. The largest absolute Gasteiger partial charge is 2.00 e. The monoisotopic (exact) mass is 1150 g/mol. The Balaban J connectivity index is 0.000000336. The number of nitrogens with zero attached hydrogens (tertiary/aromatic N) is 2. The summed E-state index contributed by atoms with van der Waals surface area (Å²) in [4.78, 5) is 4.13. The van der Waals surface area contributed by atoms with Crippen molar-refractivity contribution in [3.05, 3.63) is 108 Å². The molecule has 79 heavy (non-hydrogen) atoms. The zero-order chi connectivity index (χ0) is 55.5. The fourth-order valence-electron chi connectivity index (χ4n) is 11.6. The van der Waals surface area contributed by atoms with Crippen LogP contribution in [-0.2, 0) is 33.3 Å². The number of benzene rings is 4. The number of nitrogens with one attached hydrogen (secondary N) is 2. The molecule has 0 bridgehead atoms. The van der Waals surface area contributed by atoms with Gasteiger partial charge in [0.05, 0.1) is 44.9 Å². The maximum absolute atomic E-state index is 11.9. The Kier molecular flexibility index (Phi) is 35.1. The fourth-order valence-corrected chi connectivity index (χ4v) is 12.9. The summed E-state index contributed by atoms with van der Waals surface area (Å²) >= 11 is 0.